The number of nitrogens with zero attached hydrogens (tertiary/aromatic N) is 2. The van der Waals surface area contributed by atoms with Crippen LogP contribution in [0, 0.1) is 11.3 Å². The zero-order valence-electron chi connectivity index (χ0n) is 15.8. The summed E-state index contributed by atoms with van der Waals surface area (Å²) < 4.78 is 5.59. The van der Waals surface area contributed by atoms with Crippen LogP contribution in [0.4, 0.5) is 0 Å². The maximum Gasteiger partial charge on any atom is 0.200 e. The minimum absolute atomic E-state index is 0.0206. The minimum atomic E-state index is -0.0725. The predicted octanol–water partition coefficient (Wildman–Crippen LogP) is 6.20. The van der Waals surface area contributed by atoms with Gasteiger partial charge in [0.05, 0.1) is 16.1 Å². The smallest absolute Gasteiger partial charge is 0.200 e. The van der Waals surface area contributed by atoms with Gasteiger partial charge >= 0.3 is 0 Å². The highest BCUT2D eigenvalue weighted by molar-refractivity contribution is 7.14. The van der Waals surface area contributed by atoms with Crippen LogP contribution in [0.5, 0.6) is 5.75 Å². The topological polar surface area (TPSA) is 63.0 Å². The van der Waals surface area contributed by atoms with Gasteiger partial charge < -0.3 is 4.74 Å². The number of hydrogen-bond donors (Lipinski definition) is 0. The van der Waals surface area contributed by atoms with Gasteiger partial charge in [-0.2, -0.15) is 5.26 Å². The molecule has 2 heterocycles. The number of allylic oxidation sites excluding steroid dienone is 1. The average molecular weight is 429 g/mol. The van der Waals surface area contributed by atoms with E-state index in [9.17, 15) is 10.1 Å². The zero-order valence-corrected chi connectivity index (χ0v) is 17.5. The van der Waals surface area contributed by atoms with Gasteiger partial charge in [-0.3, -0.25) is 4.79 Å². The first-order chi connectivity index (χ1) is 14.7. The lowest BCUT2D eigenvalue weighted by Crippen LogP contribution is -2.11. The molecule has 0 saturated heterocycles. The maximum absolute atomic E-state index is 12.1. The molecule has 0 fully saturated rings. The number of ketones is 1. The van der Waals surface area contributed by atoms with Gasteiger partial charge in [0.2, 0.25) is 0 Å². The first kappa shape index (κ1) is 19.8. The average Bonchev–Trinajstić information content (AvgIpc) is 3.49. The van der Waals surface area contributed by atoms with Crippen molar-refractivity contribution in [3.05, 3.63) is 93.6 Å². The number of ether oxygens (including phenoxy) is 1. The molecule has 146 valence electrons. The number of carbonyl (C=O) groups excluding carboxylic acids is 1. The van der Waals surface area contributed by atoms with E-state index in [1.165, 1.54) is 11.3 Å². The van der Waals surface area contributed by atoms with Crippen molar-refractivity contribution in [1.29, 1.82) is 5.26 Å². The number of benzene rings is 2. The van der Waals surface area contributed by atoms with Crippen LogP contribution in [0.1, 0.15) is 20.9 Å². The number of thiazole rings is 1. The van der Waals surface area contributed by atoms with Crippen molar-refractivity contribution in [3.8, 4) is 22.4 Å². The highest BCUT2D eigenvalue weighted by Crippen LogP contribution is 2.29. The highest BCUT2D eigenvalue weighted by atomic mass is 32.1. The van der Waals surface area contributed by atoms with Gasteiger partial charge in [-0.05, 0) is 35.2 Å². The number of thiophene rings is 1. The summed E-state index contributed by atoms with van der Waals surface area (Å²) in [5.41, 5.74) is 2.89. The van der Waals surface area contributed by atoms with Crippen molar-refractivity contribution < 1.29 is 9.53 Å². The van der Waals surface area contributed by atoms with Crippen LogP contribution in [0.3, 0.4) is 0 Å². The molecule has 4 aromatic rings. The van der Waals surface area contributed by atoms with E-state index in [2.05, 4.69) is 11.1 Å². The van der Waals surface area contributed by atoms with Crippen molar-refractivity contribution in [2.75, 3.05) is 6.61 Å². The Kier molecular flexibility index (Phi) is 6.14. The van der Waals surface area contributed by atoms with E-state index in [0.717, 1.165) is 16.1 Å². The molecular weight excluding hydrogens is 412 g/mol. The van der Waals surface area contributed by atoms with Crippen molar-refractivity contribution in [1.82, 2.24) is 4.98 Å². The largest absolute Gasteiger partial charge is 0.485 e. The Balaban J connectivity index is 1.43. The number of hydrogen-bond acceptors (Lipinski definition) is 6. The van der Waals surface area contributed by atoms with Crippen molar-refractivity contribution in [3.63, 3.8) is 0 Å². The third-order valence-electron chi connectivity index (χ3n) is 4.29. The number of nitriles is 1. The van der Waals surface area contributed by atoms with E-state index in [1.807, 2.05) is 53.2 Å². The highest BCUT2D eigenvalue weighted by Gasteiger charge is 2.10. The second-order valence-corrected chi connectivity index (χ2v) is 8.14. The van der Waals surface area contributed by atoms with Gasteiger partial charge in [0, 0.05) is 10.9 Å². The summed E-state index contributed by atoms with van der Waals surface area (Å²) in [6.07, 6.45) is 1.80. The fourth-order valence-electron chi connectivity index (χ4n) is 2.76. The van der Waals surface area contributed by atoms with Crippen molar-refractivity contribution in [2.45, 2.75) is 0 Å². The molecule has 0 bridgehead atoms. The Morgan fingerprint density at radius 3 is 2.53 bits per heavy atom. The second-order valence-electron chi connectivity index (χ2n) is 6.33. The molecule has 6 heteroatoms. The Hall–Kier alpha value is -3.53. The third kappa shape index (κ3) is 4.71. The molecule has 2 aromatic carbocycles. The van der Waals surface area contributed by atoms with Crippen LogP contribution in [0.25, 0.3) is 22.2 Å². The summed E-state index contributed by atoms with van der Waals surface area (Å²) in [6.45, 7) is -0.0206. The summed E-state index contributed by atoms with van der Waals surface area (Å²) in [7, 11) is 0. The van der Waals surface area contributed by atoms with Gasteiger partial charge in [0.1, 0.15) is 16.8 Å². The van der Waals surface area contributed by atoms with Crippen molar-refractivity contribution >= 4 is 40.1 Å². The van der Waals surface area contributed by atoms with E-state index in [-0.39, 0.29) is 12.4 Å². The monoisotopic (exact) mass is 428 g/mol. The van der Waals surface area contributed by atoms with Gasteiger partial charge in [-0.25, -0.2) is 4.98 Å². The number of aromatic nitrogens is 1. The molecule has 0 aliphatic carbocycles. The van der Waals surface area contributed by atoms with Crippen LogP contribution in [-0.2, 0) is 0 Å². The van der Waals surface area contributed by atoms with Crippen molar-refractivity contribution in [2.24, 2.45) is 0 Å². The fraction of sp³-hybridized carbons (Fsp3) is 0.0417. The van der Waals surface area contributed by atoms with Gasteiger partial charge in [0.25, 0.3) is 0 Å². The molecule has 0 amide bonds. The van der Waals surface area contributed by atoms with Gasteiger partial charge in [-0.1, -0.05) is 48.5 Å². The number of rotatable bonds is 7. The molecule has 4 rings (SSSR count). The molecule has 0 aliphatic rings. The van der Waals surface area contributed by atoms with E-state index >= 15 is 0 Å². The van der Waals surface area contributed by atoms with Crippen LogP contribution in [-0.4, -0.2) is 17.4 Å². The predicted molar refractivity (Wildman–Crippen MR) is 122 cm³/mol. The molecule has 0 atom stereocenters. The minimum Gasteiger partial charge on any atom is -0.485 e. The van der Waals surface area contributed by atoms with E-state index in [4.69, 9.17) is 4.74 Å². The Morgan fingerprint density at radius 2 is 1.83 bits per heavy atom. The third-order valence-corrected chi connectivity index (χ3v) is 6.05. The summed E-state index contributed by atoms with van der Waals surface area (Å²) in [5.74, 6) is 0.529. The Bertz CT molecular complexity index is 1200. The Morgan fingerprint density at radius 1 is 1.03 bits per heavy atom. The van der Waals surface area contributed by atoms with Gasteiger partial charge in [0.15, 0.2) is 12.4 Å². The second kappa shape index (κ2) is 9.31. The molecule has 0 radical (unpaired) electrons. The zero-order chi connectivity index (χ0) is 20.8. The van der Waals surface area contributed by atoms with Crippen LogP contribution in [0.15, 0.2) is 77.5 Å². The summed E-state index contributed by atoms with van der Waals surface area (Å²) >= 11 is 3.08. The first-order valence-corrected chi connectivity index (χ1v) is 10.9. The summed E-state index contributed by atoms with van der Waals surface area (Å²) in [5, 5.41) is 14.2. The van der Waals surface area contributed by atoms with Gasteiger partial charge in [-0.15, -0.1) is 22.7 Å². The molecule has 0 unspecified atom stereocenters. The standard InChI is InChI=1S/C24H16N2O2S2/c25-14-19(24-26-21(16-30-24)23-7-4-12-29-23)13-17-8-10-20(11-9-17)28-15-22(27)18-5-2-1-3-6-18/h1-13,16H,15H2. The molecule has 30 heavy (non-hydrogen) atoms. The summed E-state index contributed by atoms with van der Waals surface area (Å²) in [6, 6.07) is 22.6. The lowest BCUT2D eigenvalue weighted by Gasteiger charge is -2.06. The lowest BCUT2D eigenvalue weighted by atomic mass is 10.1. The normalized spacial score (nSPS) is 11.1. The molecule has 0 spiro atoms. The fourth-order valence-corrected chi connectivity index (χ4v) is 4.31. The molecule has 0 aliphatic heterocycles. The summed E-state index contributed by atoms with van der Waals surface area (Å²) in [4.78, 5) is 17.8. The molecule has 0 N–H and O–H groups in total. The quantitative estimate of drug-likeness (QED) is 0.260. The molecule has 4 nitrogen and oxygen atoms in total. The van der Waals surface area contributed by atoms with E-state index in [1.54, 1.807) is 41.7 Å². The number of Topliss-reactive ketones (excluding diaryl/α,β-unsaturated/α-hetero) is 1. The van der Waals surface area contributed by atoms with Crippen LogP contribution in [0.2, 0.25) is 0 Å². The molecule has 0 saturated carbocycles. The maximum atomic E-state index is 12.1. The molecule has 2 aromatic heterocycles. The lowest BCUT2D eigenvalue weighted by molar-refractivity contribution is 0.0921. The van der Waals surface area contributed by atoms with Crippen LogP contribution < -0.4 is 4.74 Å². The Labute approximate surface area is 182 Å². The SMILES string of the molecule is N#CC(=Cc1ccc(OCC(=O)c2ccccc2)cc1)c1nc(-c2cccs2)cs1. The van der Waals surface area contributed by atoms with Crippen LogP contribution >= 0.6 is 22.7 Å². The van der Waals surface area contributed by atoms with E-state index < -0.39 is 0 Å². The first-order valence-electron chi connectivity index (χ1n) is 9.15. The molecular formula is C24H16N2O2S2. The number of carbonyl (C=O) groups is 1. The van der Waals surface area contributed by atoms with E-state index in [0.29, 0.717) is 21.9 Å².